The van der Waals surface area contributed by atoms with E-state index in [0.29, 0.717) is 42.6 Å². The molecule has 2 aromatic carbocycles. The molecule has 10 nitrogen and oxygen atoms in total. The van der Waals surface area contributed by atoms with Crippen molar-refractivity contribution in [2.45, 2.75) is 45.9 Å². The molecule has 218 valence electrons. The molecule has 0 spiro atoms. The minimum atomic E-state index is -0.293. The third-order valence-corrected chi connectivity index (χ3v) is 6.65. The molecule has 4 bridgehead atoms. The lowest BCUT2D eigenvalue weighted by molar-refractivity contribution is -0.0345. The summed E-state index contributed by atoms with van der Waals surface area (Å²) in [6.45, 7) is 10.9. The predicted octanol–water partition coefficient (Wildman–Crippen LogP) is 3.55. The fourth-order valence-electron chi connectivity index (χ4n) is 4.93. The van der Waals surface area contributed by atoms with Gasteiger partial charge in [0.25, 0.3) is 5.91 Å². The molecule has 2 aromatic rings. The molecular formula is C30H42N4O6. The summed E-state index contributed by atoms with van der Waals surface area (Å²) in [5.41, 5.74) is 1.50. The van der Waals surface area contributed by atoms with Crippen LogP contribution < -0.4 is 25.4 Å². The fourth-order valence-corrected chi connectivity index (χ4v) is 4.93. The molecule has 40 heavy (non-hydrogen) atoms. The van der Waals surface area contributed by atoms with E-state index in [9.17, 15) is 9.59 Å². The number of methoxy groups -OCH3 is 1. The average molecular weight is 555 g/mol. The van der Waals surface area contributed by atoms with Crippen molar-refractivity contribution >= 4 is 11.9 Å². The number of benzene rings is 2. The normalized spacial score (nSPS) is 21.0. The summed E-state index contributed by atoms with van der Waals surface area (Å²) >= 11 is 0. The van der Waals surface area contributed by atoms with Crippen molar-refractivity contribution in [2.24, 2.45) is 5.41 Å². The maximum absolute atomic E-state index is 12.9. The highest BCUT2D eigenvalue weighted by molar-refractivity contribution is 5.95. The van der Waals surface area contributed by atoms with Gasteiger partial charge in [0, 0.05) is 51.5 Å². The van der Waals surface area contributed by atoms with Gasteiger partial charge in [-0.1, -0.05) is 32.9 Å². The summed E-state index contributed by atoms with van der Waals surface area (Å²) in [5, 5.41) is 8.80. The first-order valence-electron chi connectivity index (χ1n) is 13.9. The van der Waals surface area contributed by atoms with Crippen LogP contribution in [0.15, 0.2) is 42.5 Å². The van der Waals surface area contributed by atoms with Crippen molar-refractivity contribution in [3.63, 3.8) is 0 Å². The Morgan fingerprint density at radius 3 is 2.65 bits per heavy atom. The Bertz CT molecular complexity index is 1150. The van der Waals surface area contributed by atoms with Gasteiger partial charge in [0.05, 0.1) is 25.4 Å². The molecule has 2 aliphatic heterocycles. The van der Waals surface area contributed by atoms with Crippen molar-refractivity contribution in [2.75, 3.05) is 53.0 Å². The predicted molar refractivity (Wildman–Crippen MR) is 152 cm³/mol. The Hall–Kier alpha value is -3.34. The molecule has 0 saturated carbocycles. The quantitative estimate of drug-likeness (QED) is 0.485. The molecular weight excluding hydrogens is 512 g/mol. The van der Waals surface area contributed by atoms with Crippen LogP contribution in [0.1, 0.15) is 43.1 Å². The zero-order valence-corrected chi connectivity index (χ0v) is 24.0. The van der Waals surface area contributed by atoms with Crippen LogP contribution in [0.3, 0.4) is 0 Å². The number of fused-ring (bicyclic) bond motifs is 5. The lowest BCUT2D eigenvalue weighted by Gasteiger charge is -2.41. The molecule has 1 fully saturated rings. The summed E-state index contributed by atoms with van der Waals surface area (Å²) in [4.78, 5) is 28.1. The third-order valence-electron chi connectivity index (χ3n) is 6.65. The molecule has 0 unspecified atom stereocenters. The highest BCUT2D eigenvalue weighted by Gasteiger charge is 2.32. The van der Waals surface area contributed by atoms with Crippen LogP contribution in [0.5, 0.6) is 17.2 Å². The van der Waals surface area contributed by atoms with Gasteiger partial charge in [-0.15, -0.1) is 0 Å². The van der Waals surface area contributed by atoms with E-state index in [1.807, 2.05) is 24.3 Å². The van der Waals surface area contributed by atoms with E-state index in [-0.39, 0.29) is 42.6 Å². The highest BCUT2D eigenvalue weighted by Crippen LogP contribution is 2.29. The number of piperidine rings is 1. The second kappa shape index (κ2) is 13.8. The van der Waals surface area contributed by atoms with Crippen LogP contribution in [0, 0.1) is 5.41 Å². The van der Waals surface area contributed by atoms with Crippen LogP contribution in [-0.2, 0) is 16.1 Å². The number of amides is 3. The molecule has 2 atom stereocenters. The lowest BCUT2D eigenvalue weighted by atomic mass is 9.93. The third kappa shape index (κ3) is 9.11. The van der Waals surface area contributed by atoms with Crippen molar-refractivity contribution in [1.29, 1.82) is 0 Å². The topological polar surface area (TPSA) is 110 Å². The molecule has 10 heteroatoms. The van der Waals surface area contributed by atoms with Gasteiger partial charge in [-0.05, 0) is 41.7 Å². The molecule has 3 N–H and O–H groups in total. The maximum atomic E-state index is 12.9. The number of hydrogen-bond acceptors (Lipinski definition) is 7. The molecule has 1 saturated heterocycles. The number of carbonyl (C=O) groups excluding carboxylic acids is 2. The van der Waals surface area contributed by atoms with Gasteiger partial charge in [-0.2, -0.15) is 0 Å². The summed E-state index contributed by atoms with van der Waals surface area (Å²) in [6, 6.07) is 12.4. The van der Waals surface area contributed by atoms with Gasteiger partial charge in [-0.3, -0.25) is 4.79 Å². The SMILES string of the molecule is COCCOc1cc2cc(c1)C(=O)NCCNC(=O)N[C@H]1CCN(CC(C)(C)C)C[C@@H]1OCc1cccc(c1)O2. The number of urea groups is 1. The van der Waals surface area contributed by atoms with Gasteiger partial charge >= 0.3 is 6.03 Å². The molecule has 0 aromatic heterocycles. The summed E-state index contributed by atoms with van der Waals surface area (Å²) in [6.07, 6.45) is 0.616. The van der Waals surface area contributed by atoms with Crippen LogP contribution in [0.2, 0.25) is 0 Å². The number of rotatable bonds is 5. The Morgan fingerprint density at radius 2 is 1.85 bits per heavy atom. The number of nitrogens with zero attached hydrogens (tertiary/aromatic N) is 1. The van der Waals surface area contributed by atoms with Crippen molar-refractivity contribution in [3.8, 4) is 17.2 Å². The first-order chi connectivity index (χ1) is 19.2. The minimum absolute atomic E-state index is 0.125. The van der Waals surface area contributed by atoms with Crippen molar-refractivity contribution in [1.82, 2.24) is 20.9 Å². The van der Waals surface area contributed by atoms with Crippen LogP contribution in [0.25, 0.3) is 0 Å². The van der Waals surface area contributed by atoms with E-state index in [4.69, 9.17) is 18.9 Å². The largest absolute Gasteiger partial charge is 0.491 e. The molecule has 0 aliphatic carbocycles. The van der Waals surface area contributed by atoms with Gasteiger partial charge in [0.2, 0.25) is 0 Å². The summed E-state index contributed by atoms with van der Waals surface area (Å²) in [5.74, 6) is 1.30. The second-order valence-electron chi connectivity index (χ2n) is 11.5. The maximum Gasteiger partial charge on any atom is 0.315 e. The Balaban J connectivity index is 1.56. The zero-order chi connectivity index (χ0) is 28.5. The van der Waals surface area contributed by atoms with Crippen LogP contribution >= 0.6 is 0 Å². The first-order valence-corrected chi connectivity index (χ1v) is 13.9. The number of carbonyl (C=O) groups is 2. The standard InChI is InChI=1S/C30H42N4O6/c1-30(2,3)20-34-11-8-26-27(18-34)39-19-21-6-5-7-23(14-21)40-25-16-22(15-24(17-25)38-13-12-37-4)28(35)31-9-10-32-29(36)33-26/h5-7,14-17,26-27H,8-13,18-20H2,1-4H3,(H,31,35)(H2,32,33,36)/t26-,27-/m0/s1. The minimum Gasteiger partial charge on any atom is -0.491 e. The van der Waals surface area contributed by atoms with Gasteiger partial charge in [-0.25, -0.2) is 4.79 Å². The first kappa shape index (κ1) is 29.6. The smallest absolute Gasteiger partial charge is 0.315 e. The van der Waals surface area contributed by atoms with Gasteiger partial charge in [0.15, 0.2) is 0 Å². The van der Waals surface area contributed by atoms with Crippen molar-refractivity contribution in [3.05, 3.63) is 53.6 Å². The van der Waals surface area contributed by atoms with Crippen LogP contribution in [0.4, 0.5) is 4.79 Å². The lowest BCUT2D eigenvalue weighted by Crippen LogP contribution is -2.57. The molecule has 2 heterocycles. The van der Waals surface area contributed by atoms with Crippen LogP contribution in [-0.4, -0.2) is 82.0 Å². The van der Waals surface area contributed by atoms with Gasteiger partial charge in [0.1, 0.15) is 23.9 Å². The number of hydrogen-bond donors (Lipinski definition) is 3. The second-order valence-corrected chi connectivity index (χ2v) is 11.5. The highest BCUT2D eigenvalue weighted by atomic mass is 16.5. The Labute approximate surface area is 236 Å². The summed E-state index contributed by atoms with van der Waals surface area (Å²) in [7, 11) is 1.60. The zero-order valence-electron chi connectivity index (χ0n) is 24.0. The van der Waals surface area contributed by atoms with E-state index in [2.05, 4.69) is 41.6 Å². The molecule has 0 radical (unpaired) electrons. The molecule has 3 amide bonds. The Kier molecular flexibility index (Phi) is 10.2. The number of ether oxygens (including phenoxy) is 4. The van der Waals surface area contributed by atoms with E-state index < -0.39 is 0 Å². The van der Waals surface area contributed by atoms with Crippen molar-refractivity contribution < 1.29 is 28.5 Å². The number of nitrogens with one attached hydrogen (secondary N) is 3. The summed E-state index contributed by atoms with van der Waals surface area (Å²) < 4.78 is 23.4. The van der Waals surface area contributed by atoms with Gasteiger partial charge < -0.3 is 39.8 Å². The Morgan fingerprint density at radius 1 is 1.02 bits per heavy atom. The monoisotopic (exact) mass is 554 g/mol. The fraction of sp³-hybridized carbons (Fsp3) is 0.533. The van der Waals surface area contributed by atoms with E-state index in [0.717, 1.165) is 31.6 Å². The van der Waals surface area contributed by atoms with E-state index >= 15 is 0 Å². The number of likely N-dealkylation sites (tertiary alicyclic amines) is 1. The average Bonchev–Trinajstić information content (AvgIpc) is 2.90. The molecule has 2 aliphatic rings. The van der Waals surface area contributed by atoms with E-state index in [1.54, 1.807) is 25.3 Å². The molecule has 4 rings (SSSR count). The van der Waals surface area contributed by atoms with E-state index in [1.165, 1.54) is 0 Å².